The third kappa shape index (κ3) is 2.86. The Labute approximate surface area is 119 Å². The lowest BCUT2D eigenvalue weighted by molar-refractivity contribution is 0.758. The van der Waals surface area contributed by atoms with Gasteiger partial charge in [-0.05, 0) is 37.1 Å². The van der Waals surface area contributed by atoms with Crippen LogP contribution in [0.5, 0.6) is 0 Å². The lowest BCUT2D eigenvalue weighted by atomic mass is 10.1. The number of nitrogens with zero attached hydrogens (tertiary/aromatic N) is 1. The maximum Gasteiger partial charge on any atom is 0.0722 e. The fourth-order valence-electron chi connectivity index (χ4n) is 2.90. The van der Waals surface area contributed by atoms with Crippen molar-refractivity contribution in [2.45, 2.75) is 37.5 Å². The Hall–Kier alpha value is -1.22. The van der Waals surface area contributed by atoms with Gasteiger partial charge in [0.15, 0.2) is 0 Å². The van der Waals surface area contributed by atoms with Crippen LogP contribution >= 0.6 is 11.8 Å². The first-order valence-corrected chi connectivity index (χ1v) is 8.13. The second-order valence-corrected chi connectivity index (χ2v) is 6.68. The van der Waals surface area contributed by atoms with Crippen LogP contribution in [0.2, 0.25) is 0 Å². The van der Waals surface area contributed by atoms with E-state index in [0.717, 1.165) is 10.8 Å². The van der Waals surface area contributed by atoms with Crippen molar-refractivity contribution in [1.82, 2.24) is 4.98 Å². The van der Waals surface area contributed by atoms with E-state index in [1.165, 1.54) is 36.1 Å². The Kier molecular flexibility index (Phi) is 3.92. The van der Waals surface area contributed by atoms with Crippen molar-refractivity contribution in [2.24, 2.45) is 0 Å². The van der Waals surface area contributed by atoms with Crippen LogP contribution in [0.25, 0.3) is 10.9 Å². The summed E-state index contributed by atoms with van der Waals surface area (Å²) in [5.41, 5.74) is 2.31. The SMILES string of the molecule is CCSC1CCC(Nc2ccnc3ccccc23)C1. The summed E-state index contributed by atoms with van der Waals surface area (Å²) in [5, 5.41) is 5.80. The molecule has 1 N–H and O–H groups in total. The van der Waals surface area contributed by atoms with Gasteiger partial charge in [0.2, 0.25) is 0 Å². The zero-order valence-electron chi connectivity index (χ0n) is 11.3. The summed E-state index contributed by atoms with van der Waals surface area (Å²) in [5.74, 6) is 1.23. The molecule has 1 saturated carbocycles. The van der Waals surface area contributed by atoms with Gasteiger partial charge in [-0.1, -0.05) is 25.1 Å². The zero-order valence-corrected chi connectivity index (χ0v) is 12.1. The predicted molar refractivity (Wildman–Crippen MR) is 84.9 cm³/mol. The summed E-state index contributed by atoms with van der Waals surface area (Å²) in [6.45, 7) is 2.25. The number of nitrogens with one attached hydrogen (secondary N) is 1. The van der Waals surface area contributed by atoms with Gasteiger partial charge in [0.05, 0.1) is 5.52 Å². The van der Waals surface area contributed by atoms with Crippen molar-refractivity contribution in [1.29, 1.82) is 0 Å². The summed E-state index contributed by atoms with van der Waals surface area (Å²) in [6, 6.07) is 11.1. The highest BCUT2D eigenvalue weighted by Gasteiger charge is 2.24. The molecule has 0 bridgehead atoms. The normalized spacial score (nSPS) is 22.8. The molecule has 1 heterocycles. The number of hydrogen-bond donors (Lipinski definition) is 1. The van der Waals surface area contributed by atoms with Gasteiger partial charge in [-0.3, -0.25) is 4.98 Å². The van der Waals surface area contributed by atoms with Crippen LogP contribution < -0.4 is 5.32 Å². The maximum absolute atomic E-state index is 4.42. The zero-order chi connectivity index (χ0) is 13.1. The van der Waals surface area contributed by atoms with Crippen LogP contribution in [0.1, 0.15) is 26.2 Å². The number of pyridine rings is 1. The van der Waals surface area contributed by atoms with Crippen molar-refractivity contribution in [3.63, 3.8) is 0 Å². The van der Waals surface area contributed by atoms with Crippen LogP contribution in [0.4, 0.5) is 5.69 Å². The second kappa shape index (κ2) is 5.83. The van der Waals surface area contributed by atoms with E-state index < -0.39 is 0 Å². The van der Waals surface area contributed by atoms with Crippen LogP contribution in [-0.2, 0) is 0 Å². The number of para-hydroxylation sites is 1. The Morgan fingerprint density at radius 3 is 3.05 bits per heavy atom. The molecule has 3 rings (SSSR count). The predicted octanol–water partition coefficient (Wildman–Crippen LogP) is 4.32. The van der Waals surface area contributed by atoms with E-state index in [-0.39, 0.29) is 0 Å². The Bertz CT molecular complexity index is 550. The van der Waals surface area contributed by atoms with E-state index in [1.807, 2.05) is 12.3 Å². The second-order valence-electron chi connectivity index (χ2n) is 5.11. The molecule has 1 fully saturated rings. The van der Waals surface area contributed by atoms with E-state index in [2.05, 4.69) is 53.3 Å². The van der Waals surface area contributed by atoms with Gasteiger partial charge >= 0.3 is 0 Å². The van der Waals surface area contributed by atoms with E-state index in [1.54, 1.807) is 0 Å². The van der Waals surface area contributed by atoms with Crippen LogP contribution in [0.15, 0.2) is 36.5 Å². The Balaban J connectivity index is 1.75. The smallest absolute Gasteiger partial charge is 0.0722 e. The molecule has 0 aliphatic heterocycles. The summed E-state index contributed by atoms with van der Waals surface area (Å²) < 4.78 is 0. The van der Waals surface area contributed by atoms with Gasteiger partial charge in [0.25, 0.3) is 0 Å². The van der Waals surface area contributed by atoms with Crippen molar-refractivity contribution in [3.05, 3.63) is 36.5 Å². The largest absolute Gasteiger partial charge is 0.382 e. The monoisotopic (exact) mass is 272 g/mol. The minimum absolute atomic E-state index is 0.620. The average Bonchev–Trinajstić information content (AvgIpc) is 2.87. The van der Waals surface area contributed by atoms with Crippen molar-refractivity contribution in [2.75, 3.05) is 11.1 Å². The van der Waals surface area contributed by atoms with E-state index in [0.29, 0.717) is 6.04 Å². The van der Waals surface area contributed by atoms with Crippen molar-refractivity contribution in [3.8, 4) is 0 Å². The van der Waals surface area contributed by atoms with Crippen LogP contribution in [-0.4, -0.2) is 22.0 Å². The number of fused-ring (bicyclic) bond motifs is 1. The number of rotatable bonds is 4. The lowest BCUT2D eigenvalue weighted by Gasteiger charge is -2.16. The first-order valence-electron chi connectivity index (χ1n) is 7.08. The molecule has 19 heavy (non-hydrogen) atoms. The maximum atomic E-state index is 4.42. The summed E-state index contributed by atoms with van der Waals surface area (Å²) in [4.78, 5) is 4.42. The number of anilines is 1. The first-order chi connectivity index (χ1) is 9.36. The van der Waals surface area contributed by atoms with Crippen LogP contribution in [0.3, 0.4) is 0 Å². The van der Waals surface area contributed by atoms with Gasteiger partial charge in [-0.2, -0.15) is 11.8 Å². The Morgan fingerprint density at radius 2 is 2.16 bits per heavy atom. The van der Waals surface area contributed by atoms with E-state index >= 15 is 0 Å². The lowest BCUT2D eigenvalue weighted by Crippen LogP contribution is -2.16. The third-order valence-electron chi connectivity index (χ3n) is 3.80. The van der Waals surface area contributed by atoms with E-state index in [9.17, 15) is 0 Å². The molecule has 1 aromatic carbocycles. The third-order valence-corrected chi connectivity index (χ3v) is 5.03. The molecule has 1 aliphatic rings. The van der Waals surface area contributed by atoms with Crippen molar-refractivity contribution < 1.29 is 0 Å². The highest BCUT2D eigenvalue weighted by molar-refractivity contribution is 7.99. The fraction of sp³-hybridized carbons (Fsp3) is 0.438. The highest BCUT2D eigenvalue weighted by atomic mass is 32.2. The van der Waals surface area contributed by atoms with E-state index in [4.69, 9.17) is 0 Å². The molecule has 0 spiro atoms. The molecule has 2 nitrogen and oxygen atoms in total. The van der Waals surface area contributed by atoms with Crippen molar-refractivity contribution >= 4 is 28.4 Å². The topological polar surface area (TPSA) is 24.9 Å². The standard InChI is InChI=1S/C16H20N2S/c1-2-19-13-8-7-12(11-13)18-16-9-10-17-15-6-4-3-5-14(15)16/h3-6,9-10,12-13H,2,7-8,11H2,1H3,(H,17,18). The molecule has 2 unspecified atom stereocenters. The minimum atomic E-state index is 0.620. The number of benzene rings is 1. The summed E-state index contributed by atoms with van der Waals surface area (Å²) in [6.07, 6.45) is 5.82. The van der Waals surface area contributed by atoms with Gasteiger partial charge in [-0.25, -0.2) is 0 Å². The Morgan fingerprint density at radius 1 is 1.26 bits per heavy atom. The molecule has 1 aliphatic carbocycles. The molecule has 1 aromatic heterocycles. The quantitative estimate of drug-likeness (QED) is 0.897. The highest BCUT2D eigenvalue weighted by Crippen LogP contribution is 2.32. The molecular formula is C16H20N2S. The minimum Gasteiger partial charge on any atom is -0.382 e. The molecule has 0 amide bonds. The molecule has 2 aromatic rings. The molecule has 3 heteroatoms. The number of hydrogen-bond acceptors (Lipinski definition) is 3. The molecule has 100 valence electrons. The number of thioether (sulfide) groups is 1. The van der Waals surface area contributed by atoms with Gasteiger partial charge in [0.1, 0.15) is 0 Å². The van der Waals surface area contributed by atoms with Gasteiger partial charge in [0, 0.05) is 28.6 Å². The van der Waals surface area contributed by atoms with Gasteiger partial charge in [-0.15, -0.1) is 0 Å². The summed E-state index contributed by atoms with van der Waals surface area (Å²) >= 11 is 2.10. The molecule has 0 radical (unpaired) electrons. The number of aromatic nitrogens is 1. The summed E-state index contributed by atoms with van der Waals surface area (Å²) in [7, 11) is 0. The molecule has 0 saturated heterocycles. The molecule has 2 atom stereocenters. The fourth-order valence-corrected chi connectivity index (χ4v) is 4.04. The molecular weight excluding hydrogens is 252 g/mol. The van der Waals surface area contributed by atoms with Crippen LogP contribution in [0, 0.1) is 0 Å². The first kappa shape index (κ1) is 12.8. The van der Waals surface area contributed by atoms with Gasteiger partial charge < -0.3 is 5.32 Å². The average molecular weight is 272 g/mol.